The zero-order valence-electron chi connectivity index (χ0n) is 11.2. The Balaban J connectivity index is 1.83. The summed E-state index contributed by atoms with van der Waals surface area (Å²) >= 11 is 2.02. The fourth-order valence-corrected chi connectivity index (χ4v) is 4.00. The van der Waals surface area contributed by atoms with Gasteiger partial charge in [0.05, 0.1) is 0 Å². The summed E-state index contributed by atoms with van der Waals surface area (Å²) in [6, 6.07) is 7.60. The highest BCUT2D eigenvalue weighted by Crippen LogP contribution is 2.34. The molecule has 1 aromatic rings. The molecule has 1 fully saturated rings. The van der Waals surface area contributed by atoms with Gasteiger partial charge >= 0.3 is 0 Å². The molecule has 1 N–H and O–H groups in total. The topological polar surface area (TPSA) is 12.0 Å². The molecule has 1 heterocycles. The van der Waals surface area contributed by atoms with E-state index in [1.165, 1.54) is 24.0 Å². The molecule has 0 saturated carbocycles. The summed E-state index contributed by atoms with van der Waals surface area (Å²) in [7, 11) is 0. The predicted molar refractivity (Wildman–Crippen MR) is 77.6 cm³/mol. The van der Waals surface area contributed by atoms with Crippen molar-refractivity contribution in [2.75, 3.05) is 18.1 Å². The molecule has 100 valence electrons. The van der Waals surface area contributed by atoms with E-state index in [-0.39, 0.29) is 5.82 Å². The van der Waals surface area contributed by atoms with Crippen molar-refractivity contribution in [1.29, 1.82) is 0 Å². The molecule has 1 atom stereocenters. The van der Waals surface area contributed by atoms with Crippen LogP contribution in [-0.4, -0.2) is 24.1 Å². The van der Waals surface area contributed by atoms with Crippen LogP contribution in [0.1, 0.15) is 25.8 Å². The third-order valence-corrected chi connectivity index (χ3v) is 4.92. The minimum atomic E-state index is -0.0865. The van der Waals surface area contributed by atoms with Crippen LogP contribution in [0.3, 0.4) is 0 Å². The molecule has 1 aliphatic rings. The second kappa shape index (κ2) is 6.07. The number of hydrogen-bond acceptors (Lipinski definition) is 2. The van der Waals surface area contributed by atoms with Crippen LogP contribution < -0.4 is 5.32 Å². The van der Waals surface area contributed by atoms with Gasteiger partial charge in [-0.1, -0.05) is 32.0 Å². The van der Waals surface area contributed by atoms with Crippen molar-refractivity contribution in [1.82, 2.24) is 5.32 Å². The monoisotopic (exact) mass is 267 g/mol. The molecule has 0 aliphatic carbocycles. The normalized spacial score (nSPS) is 22.9. The number of nitrogens with one attached hydrogen (secondary N) is 1. The van der Waals surface area contributed by atoms with E-state index in [0.717, 1.165) is 18.5 Å². The summed E-state index contributed by atoms with van der Waals surface area (Å²) in [5.74, 6) is 2.35. The first-order valence-electron chi connectivity index (χ1n) is 6.64. The van der Waals surface area contributed by atoms with Gasteiger partial charge in [-0.15, -0.1) is 0 Å². The van der Waals surface area contributed by atoms with Crippen molar-refractivity contribution >= 4 is 11.8 Å². The lowest BCUT2D eigenvalue weighted by atomic mass is 9.82. The van der Waals surface area contributed by atoms with E-state index in [0.29, 0.717) is 11.5 Å². The molecule has 1 unspecified atom stereocenters. The molecule has 1 aliphatic heterocycles. The van der Waals surface area contributed by atoms with Crippen molar-refractivity contribution in [3.05, 3.63) is 35.6 Å². The van der Waals surface area contributed by atoms with Crippen LogP contribution in [0.15, 0.2) is 24.3 Å². The molecule has 18 heavy (non-hydrogen) atoms. The van der Waals surface area contributed by atoms with E-state index in [1.54, 1.807) is 6.07 Å². The van der Waals surface area contributed by atoms with Crippen LogP contribution in [0, 0.1) is 11.2 Å². The molecule has 0 radical (unpaired) electrons. The third-order valence-electron chi connectivity index (χ3n) is 3.86. The van der Waals surface area contributed by atoms with E-state index < -0.39 is 0 Å². The van der Waals surface area contributed by atoms with Crippen LogP contribution in [-0.2, 0) is 6.42 Å². The fourth-order valence-electron chi connectivity index (χ4n) is 2.35. The largest absolute Gasteiger partial charge is 0.312 e. The van der Waals surface area contributed by atoms with Gasteiger partial charge in [-0.2, -0.15) is 11.8 Å². The highest BCUT2D eigenvalue weighted by molar-refractivity contribution is 7.99. The molecular weight excluding hydrogens is 245 g/mol. The second-order valence-electron chi connectivity index (χ2n) is 5.66. The number of rotatable bonds is 4. The lowest BCUT2D eigenvalue weighted by molar-refractivity contribution is 0.247. The minimum absolute atomic E-state index is 0.0865. The second-order valence-corrected chi connectivity index (χ2v) is 6.81. The van der Waals surface area contributed by atoms with Crippen molar-refractivity contribution < 1.29 is 4.39 Å². The maximum atomic E-state index is 13.5. The summed E-state index contributed by atoms with van der Waals surface area (Å²) in [5, 5.41) is 3.60. The molecule has 0 aromatic heterocycles. The Hall–Kier alpha value is -0.540. The van der Waals surface area contributed by atoms with E-state index in [2.05, 4.69) is 19.2 Å². The van der Waals surface area contributed by atoms with E-state index in [4.69, 9.17) is 0 Å². The molecule has 0 spiro atoms. The van der Waals surface area contributed by atoms with Gasteiger partial charge in [0.2, 0.25) is 0 Å². The van der Waals surface area contributed by atoms with Gasteiger partial charge in [-0.05, 0) is 42.2 Å². The first kappa shape index (κ1) is 13.9. The Labute approximate surface area is 114 Å². The SMILES string of the molecule is CC1(C)CCSCC1NCCc1ccccc1F. The predicted octanol–water partition coefficient (Wildman–Crippen LogP) is 3.49. The fraction of sp³-hybridized carbons (Fsp3) is 0.600. The molecule has 1 saturated heterocycles. The molecule has 0 bridgehead atoms. The number of thioether (sulfide) groups is 1. The van der Waals surface area contributed by atoms with E-state index in [1.807, 2.05) is 23.9 Å². The molecular formula is C15H22FNS. The molecule has 0 amide bonds. The molecule has 1 aromatic carbocycles. The van der Waals surface area contributed by atoms with Crippen molar-refractivity contribution in [3.8, 4) is 0 Å². The van der Waals surface area contributed by atoms with E-state index >= 15 is 0 Å². The van der Waals surface area contributed by atoms with Gasteiger partial charge in [-0.25, -0.2) is 4.39 Å². The van der Waals surface area contributed by atoms with Crippen molar-refractivity contribution in [2.45, 2.75) is 32.7 Å². The maximum absolute atomic E-state index is 13.5. The van der Waals surface area contributed by atoms with Gasteiger partial charge in [-0.3, -0.25) is 0 Å². The zero-order chi connectivity index (χ0) is 13.0. The maximum Gasteiger partial charge on any atom is 0.126 e. The van der Waals surface area contributed by atoms with Crippen LogP contribution in [0.2, 0.25) is 0 Å². The van der Waals surface area contributed by atoms with Crippen LogP contribution in [0.5, 0.6) is 0 Å². The summed E-state index contributed by atoms with van der Waals surface area (Å²) in [6.07, 6.45) is 2.03. The average Bonchev–Trinajstić information content (AvgIpc) is 2.33. The van der Waals surface area contributed by atoms with Gasteiger partial charge in [0.15, 0.2) is 0 Å². The van der Waals surface area contributed by atoms with E-state index in [9.17, 15) is 4.39 Å². The third kappa shape index (κ3) is 3.48. The lowest BCUT2D eigenvalue weighted by Crippen LogP contribution is -2.47. The highest BCUT2D eigenvalue weighted by Gasteiger charge is 2.31. The summed E-state index contributed by atoms with van der Waals surface area (Å²) in [5.41, 5.74) is 1.17. The van der Waals surface area contributed by atoms with Crippen LogP contribution in [0.25, 0.3) is 0 Å². The zero-order valence-corrected chi connectivity index (χ0v) is 12.0. The molecule has 1 nitrogen and oxygen atoms in total. The van der Waals surface area contributed by atoms with Crippen molar-refractivity contribution in [3.63, 3.8) is 0 Å². The average molecular weight is 267 g/mol. The Morgan fingerprint density at radius 3 is 2.89 bits per heavy atom. The first-order valence-corrected chi connectivity index (χ1v) is 7.79. The standard InChI is InChI=1S/C15H22FNS/c1-15(2)8-10-18-11-14(15)17-9-7-12-5-3-4-6-13(12)16/h3-6,14,17H,7-11H2,1-2H3. The first-order chi connectivity index (χ1) is 8.59. The minimum Gasteiger partial charge on any atom is -0.312 e. The Morgan fingerprint density at radius 2 is 2.17 bits per heavy atom. The van der Waals surface area contributed by atoms with Gasteiger partial charge in [0.25, 0.3) is 0 Å². The quantitative estimate of drug-likeness (QED) is 0.896. The van der Waals surface area contributed by atoms with Crippen LogP contribution in [0.4, 0.5) is 4.39 Å². The Morgan fingerprint density at radius 1 is 1.39 bits per heavy atom. The number of hydrogen-bond donors (Lipinski definition) is 1. The number of halogens is 1. The molecule has 2 rings (SSSR count). The number of benzene rings is 1. The lowest BCUT2D eigenvalue weighted by Gasteiger charge is -2.39. The highest BCUT2D eigenvalue weighted by atomic mass is 32.2. The van der Waals surface area contributed by atoms with Gasteiger partial charge in [0.1, 0.15) is 5.82 Å². The van der Waals surface area contributed by atoms with Gasteiger partial charge in [0, 0.05) is 11.8 Å². The summed E-state index contributed by atoms with van der Waals surface area (Å²) in [6.45, 7) is 5.51. The molecule has 3 heteroatoms. The van der Waals surface area contributed by atoms with Crippen molar-refractivity contribution in [2.24, 2.45) is 5.41 Å². The van der Waals surface area contributed by atoms with Gasteiger partial charge < -0.3 is 5.32 Å². The Bertz CT molecular complexity index is 392. The smallest absolute Gasteiger partial charge is 0.126 e. The summed E-state index contributed by atoms with van der Waals surface area (Å²) < 4.78 is 13.5. The Kier molecular flexibility index (Phi) is 4.68. The summed E-state index contributed by atoms with van der Waals surface area (Å²) in [4.78, 5) is 0. The van der Waals surface area contributed by atoms with Crippen LogP contribution >= 0.6 is 11.8 Å².